The smallest absolute Gasteiger partial charge is 0.338 e. The number of rotatable bonds is 5. The molecule has 2 heterocycles. The predicted molar refractivity (Wildman–Crippen MR) is 104 cm³/mol. The minimum absolute atomic E-state index is 0.0421. The Kier molecular flexibility index (Phi) is 6.08. The van der Waals surface area contributed by atoms with Crippen LogP contribution in [-0.2, 0) is 4.74 Å². The van der Waals surface area contributed by atoms with Crippen molar-refractivity contribution in [3.05, 3.63) is 76.5 Å². The van der Waals surface area contributed by atoms with E-state index in [2.05, 4.69) is 20.3 Å². The fraction of sp³-hybridized carbons (Fsp3) is 0.200. The van der Waals surface area contributed by atoms with Crippen molar-refractivity contribution in [3.8, 4) is 11.6 Å². The lowest BCUT2D eigenvalue weighted by Crippen LogP contribution is -2.38. The zero-order valence-corrected chi connectivity index (χ0v) is 15.9. The number of hydrogen-bond donors (Lipinski definition) is 1. The molecule has 0 unspecified atom stereocenters. The predicted octanol–water partition coefficient (Wildman–Crippen LogP) is 2.20. The van der Waals surface area contributed by atoms with Gasteiger partial charge in [0.25, 0.3) is 5.56 Å². The third-order valence-corrected chi connectivity index (χ3v) is 4.08. The standard InChI is InChI=1S/C20H19N5O4/c1-3-29-19(27)15-7-5-14(6-8-15)13(2)24-20(28)25-16(26)9-12-23-18(25)17-21-10-4-11-22-17/h4-13H,3H2,1-2H3,(H,24,28)/t13-/m0/s1. The van der Waals surface area contributed by atoms with Crippen molar-refractivity contribution in [2.45, 2.75) is 19.9 Å². The monoisotopic (exact) mass is 393 g/mol. The van der Waals surface area contributed by atoms with Crippen LogP contribution in [0, 0.1) is 0 Å². The van der Waals surface area contributed by atoms with Gasteiger partial charge in [-0.25, -0.2) is 29.1 Å². The molecule has 1 aromatic carbocycles. The van der Waals surface area contributed by atoms with Gasteiger partial charge in [-0.3, -0.25) is 4.79 Å². The molecule has 3 rings (SSSR count). The van der Waals surface area contributed by atoms with Gasteiger partial charge in [-0.05, 0) is 37.6 Å². The van der Waals surface area contributed by atoms with Gasteiger partial charge in [-0.1, -0.05) is 12.1 Å². The Labute approximate surface area is 166 Å². The number of carbonyl (C=O) groups is 2. The number of aromatic nitrogens is 4. The van der Waals surface area contributed by atoms with E-state index in [0.29, 0.717) is 12.2 Å². The molecule has 0 fully saturated rings. The molecular weight excluding hydrogens is 374 g/mol. The average Bonchev–Trinajstić information content (AvgIpc) is 2.74. The number of hydrogen-bond acceptors (Lipinski definition) is 7. The van der Waals surface area contributed by atoms with Crippen LogP contribution in [0.5, 0.6) is 0 Å². The highest BCUT2D eigenvalue weighted by atomic mass is 16.5. The summed E-state index contributed by atoms with van der Waals surface area (Å²) in [6.45, 7) is 3.79. The summed E-state index contributed by atoms with van der Waals surface area (Å²) in [4.78, 5) is 49.0. The van der Waals surface area contributed by atoms with E-state index >= 15 is 0 Å². The van der Waals surface area contributed by atoms with E-state index in [1.165, 1.54) is 24.7 Å². The fourth-order valence-electron chi connectivity index (χ4n) is 2.63. The molecule has 0 saturated heterocycles. The molecule has 148 valence electrons. The van der Waals surface area contributed by atoms with Crippen molar-refractivity contribution in [2.75, 3.05) is 6.61 Å². The van der Waals surface area contributed by atoms with Crippen LogP contribution >= 0.6 is 0 Å². The Morgan fingerprint density at radius 3 is 2.41 bits per heavy atom. The van der Waals surface area contributed by atoms with Crippen molar-refractivity contribution in [1.29, 1.82) is 0 Å². The summed E-state index contributed by atoms with van der Waals surface area (Å²) in [5.41, 5.74) is 0.617. The van der Waals surface area contributed by atoms with Gasteiger partial charge in [0, 0.05) is 24.7 Å². The third kappa shape index (κ3) is 4.52. The third-order valence-electron chi connectivity index (χ3n) is 4.08. The van der Waals surface area contributed by atoms with Crippen LogP contribution in [0.1, 0.15) is 35.8 Å². The minimum atomic E-state index is -0.660. The molecule has 0 bridgehead atoms. The van der Waals surface area contributed by atoms with Gasteiger partial charge in [-0.15, -0.1) is 0 Å². The lowest BCUT2D eigenvalue weighted by molar-refractivity contribution is 0.0526. The summed E-state index contributed by atoms with van der Waals surface area (Å²) in [5, 5.41) is 2.75. The van der Waals surface area contributed by atoms with Crippen LogP contribution in [0.25, 0.3) is 11.6 Å². The Morgan fingerprint density at radius 1 is 1.07 bits per heavy atom. The molecule has 9 nitrogen and oxygen atoms in total. The summed E-state index contributed by atoms with van der Waals surface area (Å²) < 4.78 is 5.84. The molecule has 1 amide bonds. The first-order valence-corrected chi connectivity index (χ1v) is 8.94. The zero-order valence-electron chi connectivity index (χ0n) is 15.9. The maximum atomic E-state index is 12.8. The maximum Gasteiger partial charge on any atom is 0.338 e. The molecular formula is C20H19N5O4. The highest BCUT2D eigenvalue weighted by Crippen LogP contribution is 2.15. The van der Waals surface area contributed by atoms with Gasteiger partial charge in [0.2, 0.25) is 0 Å². The number of nitrogens with one attached hydrogen (secondary N) is 1. The Bertz CT molecular complexity index is 1060. The van der Waals surface area contributed by atoms with Gasteiger partial charge < -0.3 is 10.1 Å². The highest BCUT2D eigenvalue weighted by molar-refractivity contribution is 5.89. The van der Waals surface area contributed by atoms with Crippen LogP contribution in [-0.4, -0.2) is 38.1 Å². The molecule has 1 atom stereocenters. The van der Waals surface area contributed by atoms with Crippen molar-refractivity contribution in [2.24, 2.45) is 0 Å². The zero-order chi connectivity index (χ0) is 20.8. The lowest BCUT2D eigenvalue weighted by atomic mass is 10.1. The number of amides is 1. The molecule has 0 radical (unpaired) electrons. The first-order valence-electron chi connectivity index (χ1n) is 8.94. The van der Waals surface area contributed by atoms with Crippen LogP contribution in [0.4, 0.5) is 4.79 Å². The summed E-state index contributed by atoms with van der Waals surface area (Å²) >= 11 is 0. The van der Waals surface area contributed by atoms with E-state index in [9.17, 15) is 14.4 Å². The Balaban J connectivity index is 1.82. The Morgan fingerprint density at radius 2 is 1.76 bits per heavy atom. The number of carbonyl (C=O) groups excluding carboxylic acids is 2. The summed E-state index contributed by atoms with van der Waals surface area (Å²) in [7, 11) is 0. The molecule has 0 aliphatic rings. The van der Waals surface area contributed by atoms with E-state index in [4.69, 9.17) is 4.74 Å². The van der Waals surface area contributed by atoms with Crippen LogP contribution < -0.4 is 10.9 Å². The van der Waals surface area contributed by atoms with E-state index in [1.54, 1.807) is 44.2 Å². The first-order chi connectivity index (χ1) is 14.0. The van der Waals surface area contributed by atoms with Crippen LogP contribution in [0.15, 0.2) is 59.8 Å². The number of nitrogens with zero attached hydrogens (tertiary/aromatic N) is 4. The van der Waals surface area contributed by atoms with Crippen LogP contribution in [0.2, 0.25) is 0 Å². The fourth-order valence-corrected chi connectivity index (χ4v) is 2.63. The molecule has 0 spiro atoms. The van der Waals surface area contributed by atoms with Crippen molar-refractivity contribution in [3.63, 3.8) is 0 Å². The molecule has 29 heavy (non-hydrogen) atoms. The molecule has 9 heteroatoms. The topological polar surface area (TPSA) is 116 Å². The van der Waals surface area contributed by atoms with E-state index in [1.807, 2.05) is 0 Å². The van der Waals surface area contributed by atoms with E-state index in [-0.39, 0.29) is 11.6 Å². The number of esters is 1. The number of ether oxygens (including phenoxy) is 1. The largest absolute Gasteiger partial charge is 0.462 e. The summed E-state index contributed by atoms with van der Waals surface area (Å²) in [5.74, 6) is -0.211. The molecule has 0 aliphatic carbocycles. The lowest BCUT2D eigenvalue weighted by Gasteiger charge is -2.16. The highest BCUT2D eigenvalue weighted by Gasteiger charge is 2.19. The SMILES string of the molecule is CCOC(=O)c1ccc([C@H](C)NC(=O)n2c(-c3ncccn3)nccc2=O)cc1. The maximum absolute atomic E-state index is 12.8. The first kappa shape index (κ1) is 19.9. The van der Waals surface area contributed by atoms with Gasteiger partial charge in [0.15, 0.2) is 11.6 Å². The van der Waals surface area contributed by atoms with Gasteiger partial charge in [-0.2, -0.15) is 0 Å². The molecule has 2 aromatic heterocycles. The quantitative estimate of drug-likeness (QED) is 0.661. The van der Waals surface area contributed by atoms with Gasteiger partial charge in [0.1, 0.15) is 0 Å². The van der Waals surface area contributed by atoms with Crippen LogP contribution in [0.3, 0.4) is 0 Å². The summed E-state index contributed by atoms with van der Waals surface area (Å²) in [6.07, 6.45) is 4.30. The minimum Gasteiger partial charge on any atom is -0.462 e. The van der Waals surface area contributed by atoms with Gasteiger partial charge >= 0.3 is 12.0 Å². The second-order valence-electron chi connectivity index (χ2n) is 6.03. The molecule has 1 N–H and O–H groups in total. The normalized spacial score (nSPS) is 11.5. The summed E-state index contributed by atoms with van der Waals surface area (Å²) in [6, 6.07) is 8.38. The number of benzene rings is 1. The van der Waals surface area contributed by atoms with E-state index < -0.39 is 23.6 Å². The second-order valence-corrected chi connectivity index (χ2v) is 6.03. The van der Waals surface area contributed by atoms with Crippen molar-refractivity contribution >= 4 is 12.0 Å². The van der Waals surface area contributed by atoms with Gasteiger partial charge in [0.05, 0.1) is 18.2 Å². The van der Waals surface area contributed by atoms with E-state index in [0.717, 1.165) is 10.1 Å². The molecule has 0 aliphatic heterocycles. The average molecular weight is 393 g/mol. The van der Waals surface area contributed by atoms with Crippen molar-refractivity contribution in [1.82, 2.24) is 24.8 Å². The molecule has 0 saturated carbocycles. The Hall–Kier alpha value is -3.88. The van der Waals surface area contributed by atoms with Crippen molar-refractivity contribution < 1.29 is 14.3 Å². The molecule has 3 aromatic rings. The second kappa shape index (κ2) is 8.87.